The highest BCUT2D eigenvalue weighted by Gasteiger charge is 2.25. The minimum Gasteiger partial charge on any atom is -0.468 e. The van der Waals surface area contributed by atoms with Crippen LogP contribution in [0.4, 0.5) is 8.78 Å². The Bertz CT molecular complexity index is 717. The van der Waals surface area contributed by atoms with Gasteiger partial charge < -0.3 is 14.1 Å². The van der Waals surface area contributed by atoms with E-state index in [1.165, 1.54) is 12.1 Å². The van der Waals surface area contributed by atoms with E-state index in [0.29, 0.717) is 37.2 Å². The number of rotatable bonds is 5. The molecule has 0 spiro atoms. The predicted octanol–water partition coefficient (Wildman–Crippen LogP) is 3.60. The lowest BCUT2D eigenvalue weighted by atomic mass is 10.1. The standard InChI is InChI=1S/C17H17BrF2N2O3/c18-12-3-4-15(25-17(19)20)14(10-12)16(23)22-7-5-21(6-8-22)11-13-2-1-9-24-13/h1-4,9-10,17H,5-8,11H2. The van der Waals surface area contributed by atoms with Crippen LogP contribution in [-0.4, -0.2) is 48.5 Å². The third kappa shape index (κ3) is 4.58. The van der Waals surface area contributed by atoms with Crippen LogP contribution in [0.2, 0.25) is 0 Å². The first kappa shape index (κ1) is 17.9. The summed E-state index contributed by atoms with van der Waals surface area (Å²) in [5.74, 6) is 0.454. The van der Waals surface area contributed by atoms with Gasteiger partial charge in [-0.1, -0.05) is 15.9 Å². The van der Waals surface area contributed by atoms with Gasteiger partial charge in [0.15, 0.2) is 0 Å². The summed E-state index contributed by atoms with van der Waals surface area (Å²) in [6.45, 7) is 0.112. The van der Waals surface area contributed by atoms with Gasteiger partial charge in [-0.25, -0.2) is 0 Å². The molecule has 3 rings (SSSR count). The Morgan fingerprint density at radius 1 is 1.24 bits per heavy atom. The SMILES string of the molecule is O=C(c1cc(Br)ccc1OC(F)F)N1CCN(Cc2ccco2)CC1. The number of benzene rings is 1. The molecule has 0 radical (unpaired) electrons. The monoisotopic (exact) mass is 414 g/mol. The maximum absolute atomic E-state index is 12.7. The first-order valence-corrected chi connectivity index (χ1v) is 8.60. The second-order valence-corrected chi connectivity index (χ2v) is 6.58. The van der Waals surface area contributed by atoms with Crippen molar-refractivity contribution >= 4 is 21.8 Å². The van der Waals surface area contributed by atoms with Crippen molar-refractivity contribution in [1.82, 2.24) is 9.80 Å². The van der Waals surface area contributed by atoms with E-state index >= 15 is 0 Å². The summed E-state index contributed by atoms with van der Waals surface area (Å²) in [7, 11) is 0. The molecule has 2 heterocycles. The molecular weight excluding hydrogens is 398 g/mol. The Labute approximate surface area is 152 Å². The summed E-state index contributed by atoms with van der Waals surface area (Å²) in [6.07, 6.45) is 1.63. The number of amides is 1. The van der Waals surface area contributed by atoms with Crippen molar-refractivity contribution in [2.45, 2.75) is 13.2 Å². The molecule has 1 amide bonds. The molecule has 0 atom stereocenters. The Kier molecular flexibility index (Phi) is 5.70. The summed E-state index contributed by atoms with van der Waals surface area (Å²) in [4.78, 5) is 16.6. The number of hydrogen-bond donors (Lipinski definition) is 0. The van der Waals surface area contributed by atoms with Crippen LogP contribution < -0.4 is 4.74 Å². The van der Waals surface area contributed by atoms with Gasteiger partial charge in [0.25, 0.3) is 5.91 Å². The van der Waals surface area contributed by atoms with Gasteiger partial charge in [-0.05, 0) is 30.3 Å². The number of carbonyl (C=O) groups is 1. The van der Waals surface area contributed by atoms with Crippen molar-refractivity contribution in [2.24, 2.45) is 0 Å². The molecule has 1 aliphatic heterocycles. The quantitative estimate of drug-likeness (QED) is 0.749. The van der Waals surface area contributed by atoms with Crippen LogP contribution in [0, 0.1) is 0 Å². The second-order valence-electron chi connectivity index (χ2n) is 5.67. The Morgan fingerprint density at radius 2 is 2.00 bits per heavy atom. The molecule has 1 fully saturated rings. The molecule has 134 valence electrons. The van der Waals surface area contributed by atoms with Crippen LogP contribution in [-0.2, 0) is 6.54 Å². The normalized spacial score (nSPS) is 15.6. The fourth-order valence-electron chi connectivity index (χ4n) is 2.77. The smallest absolute Gasteiger partial charge is 0.387 e. The summed E-state index contributed by atoms with van der Waals surface area (Å²) >= 11 is 3.27. The van der Waals surface area contributed by atoms with Gasteiger partial charge in [0.05, 0.1) is 18.4 Å². The van der Waals surface area contributed by atoms with E-state index in [2.05, 4.69) is 25.6 Å². The predicted molar refractivity (Wildman–Crippen MR) is 90.7 cm³/mol. The van der Waals surface area contributed by atoms with Gasteiger partial charge >= 0.3 is 6.61 Å². The average molecular weight is 415 g/mol. The van der Waals surface area contributed by atoms with Gasteiger partial charge in [-0.15, -0.1) is 0 Å². The molecule has 1 aromatic carbocycles. The molecule has 1 saturated heterocycles. The van der Waals surface area contributed by atoms with Crippen molar-refractivity contribution < 1.29 is 22.7 Å². The molecule has 5 nitrogen and oxygen atoms in total. The minimum absolute atomic E-state index is 0.110. The Morgan fingerprint density at radius 3 is 2.64 bits per heavy atom. The number of furan rings is 1. The van der Waals surface area contributed by atoms with Gasteiger partial charge in [0, 0.05) is 30.7 Å². The molecule has 0 N–H and O–H groups in total. The zero-order chi connectivity index (χ0) is 17.8. The highest BCUT2D eigenvalue weighted by Crippen LogP contribution is 2.26. The maximum Gasteiger partial charge on any atom is 0.387 e. The molecule has 8 heteroatoms. The number of carbonyl (C=O) groups excluding carboxylic acids is 1. The van der Waals surface area contributed by atoms with Crippen molar-refractivity contribution in [3.05, 3.63) is 52.4 Å². The highest BCUT2D eigenvalue weighted by atomic mass is 79.9. The Hall–Kier alpha value is -1.93. The van der Waals surface area contributed by atoms with Gasteiger partial charge in [0.2, 0.25) is 0 Å². The minimum atomic E-state index is -2.97. The van der Waals surface area contributed by atoms with Crippen LogP contribution in [0.3, 0.4) is 0 Å². The molecule has 0 saturated carbocycles. The number of ether oxygens (including phenoxy) is 1. The van der Waals surface area contributed by atoms with E-state index in [0.717, 1.165) is 5.76 Å². The topological polar surface area (TPSA) is 45.9 Å². The van der Waals surface area contributed by atoms with E-state index in [-0.39, 0.29) is 17.2 Å². The number of nitrogens with zero attached hydrogens (tertiary/aromatic N) is 2. The maximum atomic E-state index is 12.7. The third-order valence-corrected chi connectivity index (χ3v) is 4.50. The lowest BCUT2D eigenvalue weighted by Gasteiger charge is -2.34. The van der Waals surface area contributed by atoms with Gasteiger partial charge in [0.1, 0.15) is 11.5 Å². The van der Waals surface area contributed by atoms with E-state index in [9.17, 15) is 13.6 Å². The van der Waals surface area contributed by atoms with E-state index in [1.807, 2.05) is 12.1 Å². The van der Waals surface area contributed by atoms with Crippen molar-refractivity contribution in [1.29, 1.82) is 0 Å². The first-order valence-electron chi connectivity index (χ1n) is 7.81. The van der Waals surface area contributed by atoms with Crippen LogP contribution in [0.25, 0.3) is 0 Å². The lowest BCUT2D eigenvalue weighted by molar-refractivity contribution is -0.0503. The summed E-state index contributed by atoms with van der Waals surface area (Å²) in [5, 5.41) is 0. The zero-order valence-electron chi connectivity index (χ0n) is 13.3. The fraction of sp³-hybridized carbons (Fsp3) is 0.353. The Balaban J connectivity index is 1.65. The average Bonchev–Trinajstić information content (AvgIpc) is 3.09. The molecule has 25 heavy (non-hydrogen) atoms. The van der Waals surface area contributed by atoms with Crippen molar-refractivity contribution in [3.63, 3.8) is 0 Å². The van der Waals surface area contributed by atoms with Gasteiger partial charge in [-0.3, -0.25) is 9.69 Å². The largest absolute Gasteiger partial charge is 0.468 e. The van der Waals surface area contributed by atoms with Crippen LogP contribution in [0.5, 0.6) is 5.75 Å². The third-order valence-electron chi connectivity index (χ3n) is 4.01. The highest BCUT2D eigenvalue weighted by molar-refractivity contribution is 9.10. The number of alkyl halides is 2. The molecule has 1 aliphatic rings. The molecular formula is C17H17BrF2N2O3. The molecule has 1 aromatic heterocycles. The lowest BCUT2D eigenvalue weighted by Crippen LogP contribution is -2.48. The van der Waals surface area contributed by atoms with Crippen LogP contribution >= 0.6 is 15.9 Å². The van der Waals surface area contributed by atoms with E-state index in [1.54, 1.807) is 17.2 Å². The zero-order valence-corrected chi connectivity index (χ0v) is 14.9. The van der Waals surface area contributed by atoms with Crippen molar-refractivity contribution in [3.8, 4) is 5.75 Å². The van der Waals surface area contributed by atoms with Gasteiger partial charge in [-0.2, -0.15) is 8.78 Å². The summed E-state index contributed by atoms with van der Waals surface area (Å²) < 4.78 is 35.6. The van der Waals surface area contributed by atoms with E-state index in [4.69, 9.17) is 4.42 Å². The second kappa shape index (κ2) is 7.97. The number of piperazine rings is 1. The molecule has 0 aliphatic carbocycles. The summed E-state index contributed by atoms with van der Waals surface area (Å²) in [6, 6.07) is 8.20. The van der Waals surface area contributed by atoms with Crippen LogP contribution in [0.1, 0.15) is 16.1 Å². The van der Waals surface area contributed by atoms with Crippen LogP contribution in [0.15, 0.2) is 45.5 Å². The molecule has 0 bridgehead atoms. The number of hydrogen-bond acceptors (Lipinski definition) is 4. The number of halogens is 3. The van der Waals surface area contributed by atoms with E-state index < -0.39 is 6.61 Å². The summed E-state index contributed by atoms with van der Waals surface area (Å²) in [5.41, 5.74) is 0.133. The van der Waals surface area contributed by atoms with Crippen molar-refractivity contribution in [2.75, 3.05) is 26.2 Å². The fourth-order valence-corrected chi connectivity index (χ4v) is 3.13. The molecule has 2 aromatic rings. The molecule has 0 unspecified atom stereocenters. The first-order chi connectivity index (χ1) is 12.0.